The normalized spacial score (nSPS) is 15.9. The van der Waals surface area contributed by atoms with Crippen LogP contribution in [-0.4, -0.2) is 61.8 Å². The number of nitrogens with zero attached hydrogens (tertiary/aromatic N) is 4. The van der Waals surface area contributed by atoms with Crippen LogP contribution in [0.15, 0.2) is 21.9 Å². The zero-order valence-electron chi connectivity index (χ0n) is 15.3. The number of H-pyrrole nitrogens is 1. The van der Waals surface area contributed by atoms with Gasteiger partial charge in [-0.25, -0.2) is 13.1 Å². The molecule has 3 rings (SSSR count). The summed E-state index contributed by atoms with van der Waals surface area (Å²) in [6.45, 7) is 2.59. The van der Waals surface area contributed by atoms with E-state index in [1.165, 1.54) is 0 Å². The van der Waals surface area contributed by atoms with E-state index in [2.05, 4.69) is 30.2 Å². The molecule has 1 aliphatic rings. The number of tetrazole rings is 1. The van der Waals surface area contributed by atoms with Crippen LogP contribution in [0.2, 0.25) is 0 Å². The maximum absolute atomic E-state index is 12.7. The zero-order chi connectivity index (χ0) is 20.1. The van der Waals surface area contributed by atoms with Crippen LogP contribution in [0.4, 0.5) is 5.69 Å². The molecule has 28 heavy (non-hydrogen) atoms. The van der Waals surface area contributed by atoms with Crippen molar-refractivity contribution in [3.05, 3.63) is 12.1 Å². The molecule has 0 saturated carbocycles. The summed E-state index contributed by atoms with van der Waals surface area (Å²) in [5, 5.41) is 20.1. The second-order valence-corrected chi connectivity index (χ2v) is 8.87. The average Bonchev–Trinajstić information content (AvgIpc) is 3.25. The third-order valence-corrected chi connectivity index (χ3v) is 7.09. The number of aromatic nitrogens is 4. The maximum atomic E-state index is 12.7. The van der Waals surface area contributed by atoms with Crippen LogP contribution < -0.4 is 26.2 Å². The highest BCUT2D eigenvalue weighted by Gasteiger charge is 2.28. The van der Waals surface area contributed by atoms with Crippen LogP contribution in [0.25, 0.3) is 11.4 Å². The van der Waals surface area contributed by atoms with Gasteiger partial charge in [-0.15, -0.1) is 10.2 Å². The average molecular weight is 428 g/mol. The minimum absolute atomic E-state index is 0.0637. The molecule has 1 aromatic carbocycles. The summed E-state index contributed by atoms with van der Waals surface area (Å²) in [7, 11) is -3.79. The first-order valence-electron chi connectivity index (χ1n) is 8.94. The molecule has 8 N–H and O–H groups in total. The summed E-state index contributed by atoms with van der Waals surface area (Å²) in [4.78, 5) is 2.61. The predicted molar refractivity (Wildman–Crippen MR) is 108 cm³/mol. The molecular weight excluding hydrogens is 402 g/mol. The van der Waals surface area contributed by atoms with Gasteiger partial charge in [0.25, 0.3) is 0 Å². The Kier molecular flexibility index (Phi) is 6.85. The smallest absolute Gasteiger partial charge is 0.241 e. The summed E-state index contributed by atoms with van der Waals surface area (Å²) < 4.78 is 27.9. The summed E-state index contributed by atoms with van der Waals surface area (Å²) in [6, 6.07) is 3.33. The Morgan fingerprint density at radius 3 is 2.61 bits per heavy atom. The molecule has 0 radical (unpaired) electrons. The van der Waals surface area contributed by atoms with Crippen LogP contribution in [0.5, 0.6) is 0 Å². The van der Waals surface area contributed by atoms with Crippen molar-refractivity contribution < 1.29 is 8.42 Å². The molecule has 11 nitrogen and oxygen atoms in total. The standard InChI is InChI=1S/C15H25N9O2S2/c16-5-6-19-28(25,26)12-2-1-11(24-7-3-10(9-17)4-8-24)13(14(12)27-18)15-20-22-23-21-15/h1-2,10,19H,3-9,16-18H2,(H,20,21,22,23). The fraction of sp³-hybridized carbons (Fsp3) is 0.533. The van der Waals surface area contributed by atoms with Crippen LogP contribution in [-0.2, 0) is 10.0 Å². The van der Waals surface area contributed by atoms with E-state index in [1.54, 1.807) is 12.1 Å². The molecule has 0 spiro atoms. The van der Waals surface area contributed by atoms with E-state index in [0.717, 1.165) is 43.6 Å². The van der Waals surface area contributed by atoms with Crippen molar-refractivity contribution in [1.29, 1.82) is 0 Å². The fourth-order valence-corrected chi connectivity index (χ4v) is 5.42. The number of piperidine rings is 1. The number of anilines is 1. The van der Waals surface area contributed by atoms with Crippen LogP contribution in [0.3, 0.4) is 0 Å². The molecule has 0 amide bonds. The first kappa shape index (κ1) is 21.0. The van der Waals surface area contributed by atoms with Crippen LogP contribution in [0.1, 0.15) is 12.8 Å². The number of rotatable bonds is 8. The van der Waals surface area contributed by atoms with Gasteiger partial charge in [-0.3, -0.25) is 5.14 Å². The number of benzene rings is 1. The van der Waals surface area contributed by atoms with E-state index >= 15 is 0 Å². The minimum Gasteiger partial charge on any atom is -0.371 e. The lowest BCUT2D eigenvalue weighted by molar-refractivity contribution is 0.414. The maximum Gasteiger partial charge on any atom is 0.241 e. The van der Waals surface area contributed by atoms with E-state index in [-0.39, 0.29) is 18.0 Å². The van der Waals surface area contributed by atoms with Gasteiger partial charge in [0.1, 0.15) is 0 Å². The van der Waals surface area contributed by atoms with Gasteiger partial charge < -0.3 is 16.4 Å². The Hall–Kier alpha value is -1.77. The van der Waals surface area contributed by atoms with Crippen LogP contribution >= 0.6 is 11.9 Å². The number of sulfonamides is 1. The molecule has 154 valence electrons. The molecule has 0 bridgehead atoms. The summed E-state index contributed by atoms with van der Waals surface area (Å²) in [5.74, 6) is 0.785. The van der Waals surface area contributed by atoms with E-state index in [9.17, 15) is 8.42 Å². The van der Waals surface area contributed by atoms with Gasteiger partial charge in [-0.05, 0) is 54.6 Å². The van der Waals surface area contributed by atoms with Crippen molar-refractivity contribution in [3.8, 4) is 11.4 Å². The highest BCUT2D eigenvalue weighted by Crippen LogP contribution is 2.40. The van der Waals surface area contributed by atoms with Crippen LogP contribution in [0, 0.1) is 5.92 Å². The summed E-state index contributed by atoms with van der Waals surface area (Å²) >= 11 is 0.845. The summed E-state index contributed by atoms with van der Waals surface area (Å²) in [6.07, 6.45) is 1.93. The Morgan fingerprint density at radius 1 is 1.29 bits per heavy atom. The second kappa shape index (κ2) is 9.15. The molecule has 2 heterocycles. The number of hydrogen-bond acceptors (Lipinski definition) is 10. The summed E-state index contributed by atoms with van der Waals surface area (Å²) in [5.41, 5.74) is 12.6. The SMILES string of the molecule is NCCNS(=O)(=O)c1ccc(N2CCC(CN)CC2)c(-c2nn[nH]n2)c1SN. The van der Waals surface area contributed by atoms with E-state index in [0.29, 0.717) is 28.7 Å². The Bertz CT molecular complexity index is 881. The van der Waals surface area contributed by atoms with Crippen molar-refractivity contribution in [3.63, 3.8) is 0 Å². The highest BCUT2D eigenvalue weighted by atomic mass is 32.2. The lowest BCUT2D eigenvalue weighted by Crippen LogP contribution is -2.36. The first-order valence-corrected chi connectivity index (χ1v) is 11.3. The van der Waals surface area contributed by atoms with Gasteiger partial charge in [-0.2, -0.15) is 5.21 Å². The fourth-order valence-electron chi connectivity index (χ4n) is 3.31. The third-order valence-electron chi connectivity index (χ3n) is 4.80. The number of nitrogens with one attached hydrogen (secondary N) is 2. The van der Waals surface area contributed by atoms with Gasteiger partial charge >= 0.3 is 0 Å². The van der Waals surface area contributed by atoms with Gasteiger partial charge in [0.05, 0.1) is 15.4 Å². The van der Waals surface area contributed by atoms with Gasteiger partial charge in [0, 0.05) is 31.9 Å². The molecule has 0 atom stereocenters. The quantitative estimate of drug-likeness (QED) is 0.336. The Morgan fingerprint density at radius 2 is 2.04 bits per heavy atom. The van der Waals surface area contributed by atoms with Crippen molar-refractivity contribution in [1.82, 2.24) is 25.3 Å². The predicted octanol–water partition coefficient (Wildman–Crippen LogP) is -0.755. The van der Waals surface area contributed by atoms with Gasteiger partial charge in [0.2, 0.25) is 15.8 Å². The van der Waals surface area contributed by atoms with Crippen molar-refractivity contribution in [2.45, 2.75) is 22.6 Å². The Labute approximate surface area is 168 Å². The van der Waals surface area contributed by atoms with E-state index in [1.807, 2.05) is 0 Å². The Balaban J connectivity index is 2.09. The van der Waals surface area contributed by atoms with Crippen molar-refractivity contribution >= 4 is 27.7 Å². The van der Waals surface area contributed by atoms with E-state index < -0.39 is 10.0 Å². The molecular formula is C15H25N9O2S2. The topological polar surface area (TPSA) is 182 Å². The number of hydrogen-bond donors (Lipinski definition) is 5. The molecule has 2 aromatic rings. The molecule has 1 aliphatic heterocycles. The van der Waals surface area contributed by atoms with Gasteiger partial charge in [-0.1, -0.05) is 0 Å². The number of aromatic amines is 1. The molecule has 0 unspecified atom stereocenters. The van der Waals surface area contributed by atoms with Crippen molar-refractivity contribution in [2.24, 2.45) is 22.5 Å². The van der Waals surface area contributed by atoms with E-state index in [4.69, 9.17) is 16.6 Å². The molecule has 0 aliphatic carbocycles. The lowest BCUT2D eigenvalue weighted by Gasteiger charge is -2.34. The molecule has 13 heteroatoms. The monoisotopic (exact) mass is 427 g/mol. The van der Waals surface area contributed by atoms with Crippen molar-refractivity contribution in [2.75, 3.05) is 37.6 Å². The minimum atomic E-state index is -3.79. The molecule has 1 saturated heterocycles. The second-order valence-electron chi connectivity index (χ2n) is 6.49. The third kappa shape index (κ3) is 4.29. The number of nitrogens with two attached hydrogens (primary N) is 3. The van der Waals surface area contributed by atoms with Gasteiger partial charge in [0.15, 0.2) is 0 Å². The lowest BCUT2D eigenvalue weighted by atomic mass is 9.96. The molecule has 1 fully saturated rings. The highest BCUT2D eigenvalue weighted by molar-refractivity contribution is 7.98. The zero-order valence-corrected chi connectivity index (χ0v) is 17.0. The molecule has 1 aromatic heterocycles. The largest absolute Gasteiger partial charge is 0.371 e. The first-order chi connectivity index (χ1) is 13.5.